The maximum atomic E-state index is 11.1. The van der Waals surface area contributed by atoms with Gasteiger partial charge in [-0.15, -0.1) is 0 Å². The van der Waals surface area contributed by atoms with Crippen LogP contribution in [0.4, 0.5) is 11.4 Å². The van der Waals surface area contributed by atoms with Crippen molar-refractivity contribution < 1.29 is 9.53 Å². The molecule has 1 aromatic rings. The van der Waals surface area contributed by atoms with Crippen molar-refractivity contribution in [3.05, 3.63) is 23.8 Å². The van der Waals surface area contributed by atoms with Gasteiger partial charge in [0.25, 0.3) is 0 Å². The number of carbonyl (C=O) groups excluding carboxylic acids is 1. The fraction of sp³-hybridized carbons (Fsp3) is 0.500. The van der Waals surface area contributed by atoms with Crippen molar-refractivity contribution in [2.45, 2.75) is 39.8 Å². The molecule has 0 aliphatic rings. The summed E-state index contributed by atoms with van der Waals surface area (Å²) in [4.78, 5) is 11.1. The van der Waals surface area contributed by atoms with Gasteiger partial charge in [0.1, 0.15) is 0 Å². The van der Waals surface area contributed by atoms with Crippen LogP contribution in [0, 0.1) is 6.92 Å². The molecular formula is C14H22N2O2. The molecule has 0 saturated heterocycles. The Kier molecular flexibility index (Phi) is 5.16. The van der Waals surface area contributed by atoms with Crippen molar-refractivity contribution in [3.63, 3.8) is 0 Å². The van der Waals surface area contributed by atoms with E-state index in [1.165, 1.54) is 6.92 Å². The van der Waals surface area contributed by atoms with Gasteiger partial charge in [-0.25, -0.2) is 0 Å². The molecule has 0 aliphatic carbocycles. The lowest BCUT2D eigenvalue weighted by Crippen LogP contribution is -2.29. The first-order valence-electron chi connectivity index (χ1n) is 6.11. The standard InChI is InChI=1S/C14H22N2O2/c1-9-6-7-13(8-14(9)16-12(4)17)15-10(2)11(3)18-5/h6-8,10-11,15H,1-5H3,(H,16,17). The van der Waals surface area contributed by atoms with E-state index in [0.717, 1.165) is 16.9 Å². The zero-order valence-corrected chi connectivity index (χ0v) is 11.7. The van der Waals surface area contributed by atoms with Crippen LogP contribution in [0.3, 0.4) is 0 Å². The predicted molar refractivity (Wildman–Crippen MR) is 75.0 cm³/mol. The van der Waals surface area contributed by atoms with Crippen LogP contribution in [-0.2, 0) is 9.53 Å². The minimum absolute atomic E-state index is 0.0615. The van der Waals surface area contributed by atoms with E-state index in [1.807, 2.05) is 32.0 Å². The molecule has 0 saturated carbocycles. The topological polar surface area (TPSA) is 50.4 Å². The van der Waals surface area contributed by atoms with Gasteiger partial charge in [-0.05, 0) is 38.5 Å². The third-order valence-electron chi connectivity index (χ3n) is 3.02. The highest BCUT2D eigenvalue weighted by atomic mass is 16.5. The number of anilines is 2. The van der Waals surface area contributed by atoms with E-state index in [-0.39, 0.29) is 18.1 Å². The molecule has 2 atom stereocenters. The van der Waals surface area contributed by atoms with E-state index in [1.54, 1.807) is 7.11 Å². The van der Waals surface area contributed by atoms with Crippen molar-refractivity contribution >= 4 is 17.3 Å². The summed E-state index contributed by atoms with van der Waals surface area (Å²) in [5.41, 5.74) is 2.86. The van der Waals surface area contributed by atoms with Gasteiger partial charge in [0.15, 0.2) is 0 Å². The van der Waals surface area contributed by atoms with Crippen LogP contribution in [0.15, 0.2) is 18.2 Å². The molecule has 0 aliphatic heterocycles. The Morgan fingerprint density at radius 2 is 2.00 bits per heavy atom. The molecule has 100 valence electrons. The summed E-state index contributed by atoms with van der Waals surface area (Å²) in [6.45, 7) is 7.55. The number of nitrogens with one attached hydrogen (secondary N) is 2. The highest BCUT2D eigenvalue weighted by molar-refractivity contribution is 5.90. The van der Waals surface area contributed by atoms with Gasteiger partial charge in [0, 0.05) is 31.5 Å². The SMILES string of the molecule is COC(C)C(C)Nc1ccc(C)c(NC(C)=O)c1. The predicted octanol–water partition coefficient (Wildman–Crippen LogP) is 2.79. The van der Waals surface area contributed by atoms with Crippen molar-refractivity contribution in [2.75, 3.05) is 17.7 Å². The van der Waals surface area contributed by atoms with Crippen LogP contribution < -0.4 is 10.6 Å². The van der Waals surface area contributed by atoms with Crippen LogP contribution in [0.25, 0.3) is 0 Å². The summed E-state index contributed by atoms with van der Waals surface area (Å²) in [6, 6.07) is 6.12. The molecule has 18 heavy (non-hydrogen) atoms. The highest BCUT2D eigenvalue weighted by Gasteiger charge is 2.11. The van der Waals surface area contributed by atoms with E-state index in [4.69, 9.17) is 4.74 Å². The first-order valence-corrected chi connectivity index (χ1v) is 6.11. The van der Waals surface area contributed by atoms with E-state index in [9.17, 15) is 4.79 Å². The first-order chi connectivity index (χ1) is 8.43. The maximum Gasteiger partial charge on any atom is 0.221 e. The van der Waals surface area contributed by atoms with Gasteiger partial charge in [-0.1, -0.05) is 6.07 Å². The molecule has 0 fully saturated rings. The van der Waals surface area contributed by atoms with E-state index in [0.29, 0.717) is 0 Å². The number of ether oxygens (including phenoxy) is 1. The first kappa shape index (κ1) is 14.5. The van der Waals surface area contributed by atoms with Gasteiger partial charge in [-0.2, -0.15) is 0 Å². The Hall–Kier alpha value is -1.55. The van der Waals surface area contributed by atoms with Gasteiger partial charge >= 0.3 is 0 Å². The molecule has 0 radical (unpaired) electrons. The molecular weight excluding hydrogens is 228 g/mol. The normalized spacial score (nSPS) is 13.8. The highest BCUT2D eigenvalue weighted by Crippen LogP contribution is 2.21. The summed E-state index contributed by atoms with van der Waals surface area (Å²) in [5.74, 6) is -0.0615. The largest absolute Gasteiger partial charge is 0.380 e. The molecule has 0 spiro atoms. The van der Waals surface area contributed by atoms with Gasteiger partial charge in [0.05, 0.1) is 6.10 Å². The van der Waals surface area contributed by atoms with Gasteiger partial charge < -0.3 is 15.4 Å². The molecule has 0 bridgehead atoms. The second-order valence-electron chi connectivity index (χ2n) is 4.58. The van der Waals surface area contributed by atoms with E-state index >= 15 is 0 Å². The number of rotatable bonds is 5. The van der Waals surface area contributed by atoms with Gasteiger partial charge in [-0.3, -0.25) is 4.79 Å². The minimum Gasteiger partial charge on any atom is -0.380 e. The third kappa shape index (κ3) is 4.04. The van der Waals surface area contributed by atoms with Crippen LogP contribution in [-0.4, -0.2) is 25.2 Å². The molecule has 1 amide bonds. The average molecular weight is 250 g/mol. The quantitative estimate of drug-likeness (QED) is 0.845. The van der Waals surface area contributed by atoms with E-state index < -0.39 is 0 Å². The smallest absolute Gasteiger partial charge is 0.221 e. The van der Waals surface area contributed by atoms with E-state index in [2.05, 4.69) is 17.6 Å². The van der Waals surface area contributed by atoms with Crippen LogP contribution >= 0.6 is 0 Å². The molecule has 4 heteroatoms. The van der Waals surface area contributed by atoms with Crippen molar-refractivity contribution in [2.24, 2.45) is 0 Å². The van der Waals surface area contributed by atoms with Crippen molar-refractivity contribution in [1.29, 1.82) is 0 Å². The summed E-state index contributed by atoms with van der Waals surface area (Å²) in [6.07, 6.45) is 0.121. The molecule has 0 aromatic heterocycles. The van der Waals surface area contributed by atoms with Crippen molar-refractivity contribution in [3.8, 4) is 0 Å². The molecule has 2 unspecified atom stereocenters. The molecule has 1 rings (SSSR count). The fourth-order valence-corrected chi connectivity index (χ4v) is 1.62. The zero-order chi connectivity index (χ0) is 13.7. The Morgan fingerprint density at radius 1 is 1.33 bits per heavy atom. The summed E-state index contributed by atoms with van der Waals surface area (Å²) >= 11 is 0. The number of carbonyl (C=O) groups is 1. The lowest BCUT2D eigenvalue weighted by molar-refractivity contribution is -0.114. The number of benzene rings is 1. The molecule has 4 nitrogen and oxygen atoms in total. The number of amides is 1. The van der Waals surface area contributed by atoms with Crippen molar-refractivity contribution in [1.82, 2.24) is 0 Å². The molecule has 0 heterocycles. The van der Waals surface area contributed by atoms with Crippen LogP contribution in [0.2, 0.25) is 0 Å². The Labute approximate surface area is 109 Å². The summed E-state index contributed by atoms with van der Waals surface area (Å²) in [7, 11) is 1.70. The summed E-state index contributed by atoms with van der Waals surface area (Å²) < 4.78 is 5.27. The maximum absolute atomic E-state index is 11.1. The number of aryl methyl sites for hydroxylation is 1. The lowest BCUT2D eigenvalue weighted by atomic mass is 10.1. The summed E-state index contributed by atoms with van der Waals surface area (Å²) in [5, 5.41) is 6.18. The minimum atomic E-state index is -0.0615. The average Bonchev–Trinajstić information content (AvgIpc) is 2.31. The molecule has 2 N–H and O–H groups in total. The Bertz CT molecular complexity index is 418. The third-order valence-corrected chi connectivity index (χ3v) is 3.02. The van der Waals surface area contributed by atoms with Crippen LogP contribution in [0.5, 0.6) is 0 Å². The number of hydrogen-bond acceptors (Lipinski definition) is 3. The Morgan fingerprint density at radius 3 is 2.56 bits per heavy atom. The van der Waals surface area contributed by atoms with Gasteiger partial charge in [0.2, 0.25) is 5.91 Å². The molecule has 1 aromatic carbocycles. The zero-order valence-electron chi connectivity index (χ0n) is 11.7. The lowest BCUT2D eigenvalue weighted by Gasteiger charge is -2.21. The fourth-order valence-electron chi connectivity index (χ4n) is 1.62. The second kappa shape index (κ2) is 6.40. The Balaban J connectivity index is 2.81. The number of hydrogen-bond donors (Lipinski definition) is 2. The monoisotopic (exact) mass is 250 g/mol. The van der Waals surface area contributed by atoms with Crippen LogP contribution in [0.1, 0.15) is 26.3 Å². The number of methoxy groups -OCH3 is 1. The second-order valence-corrected chi connectivity index (χ2v) is 4.58.